The largest absolute Gasteiger partial charge is 0.243 e. The van der Waals surface area contributed by atoms with Gasteiger partial charge in [0.05, 0.1) is 19.7 Å². The standard InChI is InChI=1S/C12H13F2N2/c1-8-4-9(13)5-10(14)12(8)11-6-15(2)7-16(11)3/h4-7H,1-3H3/q+1. The van der Waals surface area contributed by atoms with Crippen molar-refractivity contribution in [3.8, 4) is 11.3 Å². The number of nitrogens with zero attached hydrogens (tertiary/aromatic N) is 2. The number of imidazole rings is 1. The molecule has 0 aliphatic carbocycles. The van der Waals surface area contributed by atoms with Gasteiger partial charge >= 0.3 is 0 Å². The van der Waals surface area contributed by atoms with E-state index in [0.717, 1.165) is 11.8 Å². The average Bonchev–Trinajstić information content (AvgIpc) is 2.43. The maximum Gasteiger partial charge on any atom is 0.243 e. The highest BCUT2D eigenvalue weighted by molar-refractivity contribution is 5.63. The lowest BCUT2D eigenvalue weighted by Crippen LogP contribution is -2.23. The van der Waals surface area contributed by atoms with Crippen LogP contribution >= 0.6 is 0 Å². The van der Waals surface area contributed by atoms with E-state index in [9.17, 15) is 8.78 Å². The van der Waals surface area contributed by atoms with Crippen molar-refractivity contribution >= 4 is 0 Å². The molecule has 2 aromatic rings. The van der Waals surface area contributed by atoms with Gasteiger partial charge in [-0.3, -0.25) is 0 Å². The van der Waals surface area contributed by atoms with Gasteiger partial charge in [-0.1, -0.05) is 0 Å². The predicted molar refractivity (Wildman–Crippen MR) is 56.7 cm³/mol. The molecule has 0 unspecified atom stereocenters. The van der Waals surface area contributed by atoms with Crippen molar-refractivity contribution < 1.29 is 13.3 Å². The van der Waals surface area contributed by atoms with Gasteiger partial charge in [0.25, 0.3) is 0 Å². The first-order chi connectivity index (χ1) is 7.49. The fraction of sp³-hybridized carbons (Fsp3) is 0.250. The second-order valence-corrected chi connectivity index (χ2v) is 3.99. The van der Waals surface area contributed by atoms with Crippen molar-refractivity contribution in [2.75, 3.05) is 0 Å². The van der Waals surface area contributed by atoms with Crippen LogP contribution in [-0.4, -0.2) is 4.57 Å². The van der Waals surface area contributed by atoms with Gasteiger partial charge in [-0.05, 0) is 18.6 Å². The first kappa shape index (κ1) is 10.8. The Balaban J connectivity index is 2.69. The van der Waals surface area contributed by atoms with Crippen molar-refractivity contribution in [1.82, 2.24) is 4.57 Å². The van der Waals surface area contributed by atoms with Crippen LogP contribution in [0.5, 0.6) is 0 Å². The molecule has 0 saturated heterocycles. The maximum atomic E-state index is 13.7. The van der Waals surface area contributed by atoms with Crippen LogP contribution in [0.3, 0.4) is 0 Å². The summed E-state index contributed by atoms with van der Waals surface area (Å²) >= 11 is 0. The van der Waals surface area contributed by atoms with E-state index < -0.39 is 11.6 Å². The van der Waals surface area contributed by atoms with E-state index in [4.69, 9.17) is 0 Å². The zero-order chi connectivity index (χ0) is 11.9. The smallest absolute Gasteiger partial charge is 0.239 e. The Morgan fingerprint density at radius 1 is 1.25 bits per heavy atom. The quantitative estimate of drug-likeness (QED) is 0.655. The molecule has 0 spiro atoms. The lowest BCUT2D eigenvalue weighted by molar-refractivity contribution is -0.670. The number of hydrogen-bond donors (Lipinski definition) is 0. The average molecular weight is 223 g/mol. The summed E-state index contributed by atoms with van der Waals surface area (Å²) in [5.74, 6) is -1.07. The van der Waals surface area contributed by atoms with Crippen LogP contribution in [0.15, 0.2) is 24.7 Å². The lowest BCUT2D eigenvalue weighted by atomic mass is 10.1. The second-order valence-electron chi connectivity index (χ2n) is 3.99. The normalized spacial score (nSPS) is 10.8. The third-order valence-corrected chi connectivity index (χ3v) is 2.57. The highest BCUT2D eigenvalue weighted by Gasteiger charge is 2.18. The summed E-state index contributed by atoms with van der Waals surface area (Å²) in [5, 5.41) is 0. The van der Waals surface area contributed by atoms with Gasteiger partial charge in [-0.25, -0.2) is 17.9 Å². The van der Waals surface area contributed by atoms with Crippen LogP contribution in [0, 0.1) is 18.6 Å². The molecule has 0 atom stereocenters. The first-order valence-corrected chi connectivity index (χ1v) is 4.96. The van der Waals surface area contributed by atoms with Gasteiger partial charge in [0, 0.05) is 6.07 Å². The van der Waals surface area contributed by atoms with E-state index >= 15 is 0 Å². The van der Waals surface area contributed by atoms with Crippen molar-refractivity contribution in [2.45, 2.75) is 6.92 Å². The number of benzene rings is 1. The van der Waals surface area contributed by atoms with Gasteiger partial charge in [0.2, 0.25) is 6.33 Å². The number of rotatable bonds is 1. The summed E-state index contributed by atoms with van der Waals surface area (Å²) in [5.41, 5.74) is 1.78. The fourth-order valence-corrected chi connectivity index (χ4v) is 1.92. The zero-order valence-corrected chi connectivity index (χ0v) is 9.46. The summed E-state index contributed by atoms with van der Waals surface area (Å²) in [4.78, 5) is 0. The molecular weight excluding hydrogens is 210 g/mol. The third kappa shape index (κ3) is 1.71. The van der Waals surface area contributed by atoms with Crippen LogP contribution in [-0.2, 0) is 14.1 Å². The Morgan fingerprint density at radius 3 is 2.44 bits per heavy atom. The fourth-order valence-electron chi connectivity index (χ4n) is 1.92. The van der Waals surface area contributed by atoms with Crippen molar-refractivity contribution in [1.29, 1.82) is 0 Å². The van der Waals surface area contributed by atoms with Crippen molar-refractivity contribution in [2.24, 2.45) is 14.1 Å². The highest BCUT2D eigenvalue weighted by Crippen LogP contribution is 2.26. The molecular formula is C12H13F2N2+. The van der Waals surface area contributed by atoms with Gasteiger partial charge < -0.3 is 0 Å². The Morgan fingerprint density at radius 2 is 1.94 bits per heavy atom. The molecule has 0 aliphatic rings. The molecule has 1 aromatic carbocycles. The summed E-state index contributed by atoms with van der Waals surface area (Å²) in [6, 6.07) is 2.25. The van der Waals surface area contributed by atoms with E-state index in [1.165, 1.54) is 6.07 Å². The Labute approximate surface area is 92.8 Å². The van der Waals surface area contributed by atoms with Crippen LogP contribution < -0.4 is 4.57 Å². The molecule has 0 saturated carbocycles. The summed E-state index contributed by atoms with van der Waals surface area (Å²) in [7, 11) is 3.69. The van der Waals surface area contributed by atoms with Gasteiger partial charge in [-0.15, -0.1) is 0 Å². The molecule has 16 heavy (non-hydrogen) atoms. The monoisotopic (exact) mass is 223 g/mol. The molecule has 1 aromatic heterocycles. The minimum absolute atomic E-state index is 0.449. The molecule has 2 rings (SSSR count). The summed E-state index contributed by atoms with van der Waals surface area (Å²) in [6.45, 7) is 1.70. The van der Waals surface area contributed by atoms with E-state index in [-0.39, 0.29) is 0 Å². The minimum Gasteiger partial charge on any atom is -0.239 e. The maximum absolute atomic E-state index is 13.7. The third-order valence-electron chi connectivity index (χ3n) is 2.57. The van der Waals surface area contributed by atoms with Crippen LogP contribution in [0.2, 0.25) is 0 Å². The minimum atomic E-state index is -0.544. The van der Waals surface area contributed by atoms with Crippen molar-refractivity contribution in [3.63, 3.8) is 0 Å². The van der Waals surface area contributed by atoms with Crippen molar-refractivity contribution in [3.05, 3.63) is 41.9 Å². The summed E-state index contributed by atoms with van der Waals surface area (Å²) < 4.78 is 30.3. The molecule has 0 aliphatic heterocycles. The lowest BCUT2D eigenvalue weighted by Gasteiger charge is -2.04. The topological polar surface area (TPSA) is 8.81 Å². The van der Waals surface area contributed by atoms with Gasteiger partial charge in [-0.2, -0.15) is 0 Å². The SMILES string of the molecule is Cc1cc(F)cc(F)c1-c1c[n+](C)cn1C. The van der Waals surface area contributed by atoms with E-state index in [0.29, 0.717) is 11.1 Å². The Hall–Kier alpha value is -1.71. The zero-order valence-electron chi connectivity index (χ0n) is 9.46. The van der Waals surface area contributed by atoms with E-state index in [1.54, 1.807) is 6.92 Å². The first-order valence-electron chi connectivity index (χ1n) is 4.96. The van der Waals surface area contributed by atoms with E-state index in [1.807, 2.05) is 35.8 Å². The predicted octanol–water partition coefficient (Wildman–Crippen LogP) is 2.10. The molecule has 0 fully saturated rings. The van der Waals surface area contributed by atoms with Gasteiger partial charge in [0.1, 0.15) is 17.8 Å². The Bertz CT molecular complexity index is 521. The van der Waals surface area contributed by atoms with Gasteiger partial charge in [0.15, 0.2) is 5.69 Å². The molecule has 1 heterocycles. The number of aromatic nitrogens is 2. The number of halogens is 2. The molecule has 0 bridgehead atoms. The Kier molecular flexibility index (Phi) is 2.50. The molecule has 84 valence electrons. The number of aryl methyl sites for hydroxylation is 3. The number of hydrogen-bond acceptors (Lipinski definition) is 0. The van der Waals surface area contributed by atoms with Crippen LogP contribution in [0.25, 0.3) is 11.3 Å². The van der Waals surface area contributed by atoms with E-state index in [2.05, 4.69) is 0 Å². The summed E-state index contributed by atoms with van der Waals surface area (Å²) in [6.07, 6.45) is 3.64. The molecule has 4 heteroatoms. The van der Waals surface area contributed by atoms with Crippen LogP contribution in [0.4, 0.5) is 8.78 Å². The molecule has 0 amide bonds. The highest BCUT2D eigenvalue weighted by atomic mass is 19.1. The molecule has 0 radical (unpaired) electrons. The second kappa shape index (κ2) is 3.70. The van der Waals surface area contributed by atoms with Crippen LogP contribution in [0.1, 0.15) is 5.56 Å². The molecule has 0 N–H and O–H groups in total. The molecule has 2 nitrogen and oxygen atoms in total.